The smallest absolute Gasteiger partial charge is 0.119 e. The van der Waals surface area contributed by atoms with Crippen molar-refractivity contribution in [3.05, 3.63) is 60.2 Å². The second kappa shape index (κ2) is 7.16. The van der Waals surface area contributed by atoms with E-state index in [9.17, 15) is 0 Å². The number of ether oxygens (including phenoxy) is 1. The van der Waals surface area contributed by atoms with Crippen LogP contribution in [0.3, 0.4) is 0 Å². The van der Waals surface area contributed by atoms with Gasteiger partial charge in [-0.05, 0) is 61.9 Å². The molecule has 1 aliphatic carbocycles. The van der Waals surface area contributed by atoms with Crippen molar-refractivity contribution >= 4 is 5.69 Å². The van der Waals surface area contributed by atoms with Crippen LogP contribution in [0.4, 0.5) is 5.69 Å². The van der Waals surface area contributed by atoms with Gasteiger partial charge in [0.1, 0.15) is 5.75 Å². The van der Waals surface area contributed by atoms with E-state index in [0.717, 1.165) is 24.4 Å². The minimum atomic E-state index is 0.432. The van der Waals surface area contributed by atoms with Gasteiger partial charge in [-0.2, -0.15) is 0 Å². The number of nitrogens with one attached hydrogen (secondary N) is 1. The summed E-state index contributed by atoms with van der Waals surface area (Å²) in [6, 6.07) is 18.9. The number of rotatable bonds is 6. The molecule has 0 bridgehead atoms. The van der Waals surface area contributed by atoms with E-state index in [-0.39, 0.29) is 0 Å². The van der Waals surface area contributed by atoms with Crippen molar-refractivity contribution in [1.82, 2.24) is 0 Å². The largest absolute Gasteiger partial charge is 0.490 e. The topological polar surface area (TPSA) is 21.3 Å². The highest BCUT2D eigenvalue weighted by atomic mass is 16.5. The molecular formula is C19H23NO. The van der Waals surface area contributed by atoms with Gasteiger partial charge in [-0.3, -0.25) is 0 Å². The molecule has 2 aromatic rings. The second-order valence-electron chi connectivity index (χ2n) is 5.71. The van der Waals surface area contributed by atoms with Crippen molar-refractivity contribution in [3.8, 4) is 5.75 Å². The second-order valence-corrected chi connectivity index (χ2v) is 5.71. The Morgan fingerprint density at radius 3 is 2.33 bits per heavy atom. The molecule has 0 aliphatic heterocycles. The number of hydrogen-bond acceptors (Lipinski definition) is 2. The Hall–Kier alpha value is -1.96. The molecule has 0 amide bonds. The van der Waals surface area contributed by atoms with Crippen LogP contribution in [0.2, 0.25) is 0 Å². The standard InChI is InChI=1S/C19H23NO/c1-2-6-16(7-3-1)14-15-20-17-10-12-19(13-11-17)21-18-8-4-5-9-18/h1-3,6-7,10-13,18,20H,4-5,8-9,14-15H2. The zero-order valence-electron chi connectivity index (χ0n) is 12.4. The summed E-state index contributed by atoms with van der Waals surface area (Å²) >= 11 is 0. The van der Waals surface area contributed by atoms with E-state index in [4.69, 9.17) is 4.74 Å². The molecular weight excluding hydrogens is 258 g/mol. The fourth-order valence-electron chi connectivity index (χ4n) is 2.85. The first kappa shape index (κ1) is 14.0. The third kappa shape index (κ3) is 4.25. The van der Waals surface area contributed by atoms with Gasteiger partial charge in [0, 0.05) is 12.2 Å². The van der Waals surface area contributed by atoms with Gasteiger partial charge in [0.05, 0.1) is 6.10 Å². The summed E-state index contributed by atoms with van der Waals surface area (Å²) in [5.74, 6) is 0.996. The number of anilines is 1. The van der Waals surface area contributed by atoms with Gasteiger partial charge in [-0.25, -0.2) is 0 Å². The maximum Gasteiger partial charge on any atom is 0.119 e. The van der Waals surface area contributed by atoms with Crippen LogP contribution in [0.5, 0.6) is 5.75 Å². The number of benzene rings is 2. The zero-order valence-corrected chi connectivity index (χ0v) is 12.4. The highest BCUT2D eigenvalue weighted by molar-refractivity contribution is 5.46. The van der Waals surface area contributed by atoms with Gasteiger partial charge in [-0.15, -0.1) is 0 Å². The van der Waals surface area contributed by atoms with E-state index in [1.54, 1.807) is 0 Å². The van der Waals surface area contributed by atoms with E-state index in [2.05, 4.69) is 59.9 Å². The maximum absolute atomic E-state index is 5.98. The molecule has 110 valence electrons. The molecule has 2 aromatic carbocycles. The van der Waals surface area contributed by atoms with Crippen molar-refractivity contribution < 1.29 is 4.74 Å². The first-order chi connectivity index (χ1) is 10.4. The lowest BCUT2D eigenvalue weighted by atomic mass is 10.1. The Morgan fingerprint density at radius 1 is 0.905 bits per heavy atom. The lowest BCUT2D eigenvalue weighted by molar-refractivity contribution is 0.210. The normalized spacial score (nSPS) is 15.0. The molecule has 0 saturated heterocycles. The molecule has 1 fully saturated rings. The average molecular weight is 281 g/mol. The van der Waals surface area contributed by atoms with Gasteiger partial charge in [-0.1, -0.05) is 30.3 Å². The maximum atomic E-state index is 5.98. The molecule has 0 spiro atoms. The monoisotopic (exact) mass is 281 g/mol. The molecule has 1 N–H and O–H groups in total. The summed E-state index contributed by atoms with van der Waals surface area (Å²) in [4.78, 5) is 0. The predicted molar refractivity (Wildman–Crippen MR) is 88.0 cm³/mol. The molecule has 0 unspecified atom stereocenters. The van der Waals surface area contributed by atoms with Crippen molar-refractivity contribution in [2.45, 2.75) is 38.2 Å². The van der Waals surface area contributed by atoms with Crippen molar-refractivity contribution in [3.63, 3.8) is 0 Å². The van der Waals surface area contributed by atoms with Crippen molar-refractivity contribution in [1.29, 1.82) is 0 Å². The summed E-state index contributed by atoms with van der Waals surface area (Å²) in [7, 11) is 0. The highest BCUT2D eigenvalue weighted by Gasteiger charge is 2.16. The molecule has 2 heteroatoms. The third-order valence-corrected chi connectivity index (χ3v) is 4.04. The Balaban J connectivity index is 1.45. The fourth-order valence-corrected chi connectivity index (χ4v) is 2.85. The minimum absolute atomic E-state index is 0.432. The van der Waals surface area contributed by atoms with Crippen LogP contribution in [-0.2, 0) is 6.42 Å². The van der Waals surface area contributed by atoms with Crippen LogP contribution < -0.4 is 10.1 Å². The first-order valence-corrected chi connectivity index (χ1v) is 7.95. The highest BCUT2D eigenvalue weighted by Crippen LogP contribution is 2.24. The van der Waals surface area contributed by atoms with Crippen LogP contribution in [0.25, 0.3) is 0 Å². The molecule has 0 aromatic heterocycles. The predicted octanol–water partition coefficient (Wildman–Crippen LogP) is 4.66. The lowest BCUT2D eigenvalue weighted by Crippen LogP contribution is -2.10. The Labute approximate surface area is 127 Å². The van der Waals surface area contributed by atoms with Gasteiger partial charge in [0.15, 0.2) is 0 Å². The van der Waals surface area contributed by atoms with E-state index in [0.29, 0.717) is 6.10 Å². The van der Waals surface area contributed by atoms with Gasteiger partial charge in [0.25, 0.3) is 0 Å². The van der Waals surface area contributed by atoms with Crippen LogP contribution in [-0.4, -0.2) is 12.6 Å². The molecule has 0 radical (unpaired) electrons. The van der Waals surface area contributed by atoms with Crippen LogP contribution >= 0.6 is 0 Å². The molecule has 0 heterocycles. The summed E-state index contributed by atoms with van der Waals surface area (Å²) < 4.78 is 5.98. The van der Waals surface area contributed by atoms with Crippen molar-refractivity contribution in [2.75, 3.05) is 11.9 Å². The molecule has 2 nitrogen and oxygen atoms in total. The Kier molecular flexibility index (Phi) is 4.78. The molecule has 1 saturated carbocycles. The zero-order chi connectivity index (χ0) is 14.3. The lowest BCUT2D eigenvalue weighted by Gasteiger charge is -2.13. The number of hydrogen-bond donors (Lipinski definition) is 1. The summed E-state index contributed by atoms with van der Waals surface area (Å²) in [5.41, 5.74) is 2.52. The summed E-state index contributed by atoms with van der Waals surface area (Å²) in [6.45, 7) is 0.951. The van der Waals surface area contributed by atoms with Gasteiger partial charge < -0.3 is 10.1 Å². The minimum Gasteiger partial charge on any atom is -0.490 e. The van der Waals surface area contributed by atoms with Crippen LogP contribution in [0.15, 0.2) is 54.6 Å². The van der Waals surface area contributed by atoms with Crippen LogP contribution in [0.1, 0.15) is 31.2 Å². The van der Waals surface area contributed by atoms with E-state index in [1.165, 1.54) is 31.2 Å². The molecule has 21 heavy (non-hydrogen) atoms. The van der Waals surface area contributed by atoms with Gasteiger partial charge >= 0.3 is 0 Å². The summed E-state index contributed by atoms with van der Waals surface area (Å²) in [5, 5.41) is 3.46. The Bertz CT molecular complexity index is 529. The Morgan fingerprint density at radius 2 is 1.62 bits per heavy atom. The average Bonchev–Trinajstić information content (AvgIpc) is 3.03. The fraction of sp³-hybridized carbons (Fsp3) is 0.368. The van der Waals surface area contributed by atoms with E-state index < -0.39 is 0 Å². The quantitative estimate of drug-likeness (QED) is 0.831. The van der Waals surface area contributed by atoms with Crippen LogP contribution in [0, 0.1) is 0 Å². The van der Waals surface area contributed by atoms with E-state index >= 15 is 0 Å². The van der Waals surface area contributed by atoms with E-state index in [1.807, 2.05) is 0 Å². The summed E-state index contributed by atoms with van der Waals surface area (Å²) in [6.07, 6.45) is 6.50. The third-order valence-electron chi connectivity index (χ3n) is 4.04. The van der Waals surface area contributed by atoms with Crippen molar-refractivity contribution in [2.24, 2.45) is 0 Å². The molecule has 0 atom stereocenters. The molecule has 1 aliphatic rings. The van der Waals surface area contributed by atoms with Gasteiger partial charge in [0.2, 0.25) is 0 Å². The molecule has 3 rings (SSSR count). The first-order valence-electron chi connectivity index (χ1n) is 7.95. The SMILES string of the molecule is c1ccc(CCNc2ccc(OC3CCCC3)cc2)cc1.